The van der Waals surface area contributed by atoms with E-state index in [-0.39, 0.29) is 24.7 Å². The van der Waals surface area contributed by atoms with Crippen LogP contribution in [0.5, 0.6) is 5.75 Å². The van der Waals surface area contributed by atoms with Crippen LogP contribution in [0, 0.1) is 0 Å². The molecule has 0 fully saturated rings. The molecule has 0 aromatic heterocycles. The number of hydrogen-bond acceptors (Lipinski definition) is 3. The van der Waals surface area contributed by atoms with Gasteiger partial charge in [0.2, 0.25) is 0 Å². The van der Waals surface area contributed by atoms with Gasteiger partial charge in [-0.1, -0.05) is 33.6 Å². The Balaban J connectivity index is 1.83. The summed E-state index contributed by atoms with van der Waals surface area (Å²) in [7, 11) is 0. The van der Waals surface area contributed by atoms with Gasteiger partial charge in [0.1, 0.15) is 5.75 Å². The van der Waals surface area contributed by atoms with Crippen LogP contribution in [0.2, 0.25) is 5.02 Å². The lowest BCUT2D eigenvalue weighted by molar-refractivity contribution is -0.118. The highest BCUT2D eigenvalue weighted by atomic mass is 79.9. The van der Waals surface area contributed by atoms with Gasteiger partial charge in [-0.2, -0.15) is 0 Å². The Morgan fingerprint density at radius 2 is 2.09 bits per heavy atom. The SMILES string of the molecule is O=C1COc2ccc(C(=O)Cc3ccc(Cl)cc3Br)cc2N1. The molecule has 2 aromatic rings. The Morgan fingerprint density at radius 1 is 1.27 bits per heavy atom. The van der Waals surface area contributed by atoms with E-state index in [9.17, 15) is 9.59 Å². The Kier molecular flexibility index (Phi) is 4.18. The van der Waals surface area contributed by atoms with Crippen molar-refractivity contribution in [2.45, 2.75) is 6.42 Å². The number of Topliss-reactive ketones (excluding diaryl/α,β-unsaturated/α-hetero) is 1. The van der Waals surface area contributed by atoms with Gasteiger partial charge in [-0.05, 0) is 35.9 Å². The van der Waals surface area contributed by atoms with E-state index in [0.29, 0.717) is 22.0 Å². The second-order valence-corrected chi connectivity index (χ2v) is 6.17. The van der Waals surface area contributed by atoms with Gasteiger partial charge < -0.3 is 10.1 Å². The van der Waals surface area contributed by atoms with Crippen molar-refractivity contribution >= 4 is 44.9 Å². The van der Waals surface area contributed by atoms with Crippen molar-refractivity contribution in [1.82, 2.24) is 0 Å². The Hall–Kier alpha value is -1.85. The molecule has 0 radical (unpaired) electrons. The fraction of sp³-hybridized carbons (Fsp3) is 0.125. The molecule has 0 aliphatic carbocycles. The second-order valence-electron chi connectivity index (χ2n) is 4.88. The van der Waals surface area contributed by atoms with Gasteiger partial charge in [0, 0.05) is 21.5 Å². The summed E-state index contributed by atoms with van der Waals surface area (Å²) in [6, 6.07) is 10.3. The number of amides is 1. The molecular weight excluding hydrogens is 370 g/mol. The molecule has 112 valence electrons. The van der Waals surface area contributed by atoms with Crippen LogP contribution >= 0.6 is 27.5 Å². The minimum Gasteiger partial charge on any atom is -0.482 e. The summed E-state index contributed by atoms with van der Waals surface area (Å²) in [5.74, 6) is 0.298. The van der Waals surface area contributed by atoms with E-state index < -0.39 is 0 Å². The molecule has 0 atom stereocenters. The van der Waals surface area contributed by atoms with E-state index in [4.69, 9.17) is 16.3 Å². The summed E-state index contributed by atoms with van der Waals surface area (Å²) in [6.07, 6.45) is 0.241. The first-order chi connectivity index (χ1) is 10.5. The molecule has 1 aliphatic heterocycles. The first-order valence-electron chi connectivity index (χ1n) is 6.57. The standard InChI is InChI=1S/C16H11BrClNO3/c17-12-7-11(18)3-1-9(12)6-14(20)10-2-4-15-13(5-10)19-16(21)8-22-15/h1-5,7H,6,8H2,(H,19,21). The van der Waals surface area contributed by atoms with Crippen molar-refractivity contribution in [3.63, 3.8) is 0 Å². The molecule has 1 aliphatic rings. The average Bonchev–Trinajstić information content (AvgIpc) is 2.49. The van der Waals surface area contributed by atoms with Crippen LogP contribution in [0.4, 0.5) is 5.69 Å². The lowest BCUT2D eigenvalue weighted by Gasteiger charge is -2.18. The zero-order chi connectivity index (χ0) is 15.7. The number of ether oxygens (including phenoxy) is 1. The summed E-state index contributed by atoms with van der Waals surface area (Å²) in [5.41, 5.74) is 1.90. The van der Waals surface area contributed by atoms with E-state index >= 15 is 0 Å². The zero-order valence-corrected chi connectivity index (χ0v) is 13.7. The highest BCUT2D eigenvalue weighted by Crippen LogP contribution is 2.29. The highest BCUT2D eigenvalue weighted by Gasteiger charge is 2.18. The molecule has 0 unspecified atom stereocenters. The number of ketones is 1. The van der Waals surface area contributed by atoms with Crippen molar-refractivity contribution in [3.05, 3.63) is 57.0 Å². The third-order valence-electron chi connectivity index (χ3n) is 3.30. The second kappa shape index (κ2) is 6.10. The Labute approximate surface area is 140 Å². The largest absolute Gasteiger partial charge is 0.482 e. The molecule has 6 heteroatoms. The number of rotatable bonds is 3. The summed E-state index contributed by atoms with van der Waals surface area (Å²) in [5, 5.41) is 3.30. The van der Waals surface area contributed by atoms with Crippen LogP contribution in [0.3, 0.4) is 0 Å². The quantitative estimate of drug-likeness (QED) is 0.823. The molecule has 0 bridgehead atoms. The van der Waals surface area contributed by atoms with Gasteiger partial charge in [-0.25, -0.2) is 0 Å². The summed E-state index contributed by atoms with van der Waals surface area (Å²) in [6.45, 7) is -0.00197. The summed E-state index contributed by atoms with van der Waals surface area (Å²) < 4.78 is 6.07. The number of nitrogens with one attached hydrogen (secondary N) is 1. The predicted molar refractivity (Wildman–Crippen MR) is 87.8 cm³/mol. The monoisotopic (exact) mass is 379 g/mol. The van der Waals surface area contributed by atoms with Crippen LogP contribution in [0.15, 0.2) is 40.9 Å². The van der Waals surface area contributed by atoms with Gasteiger partial charge >= 0.3 is 0 Å². The predicted octanol–water partition coefficient (Wildman–Crippen LogP) is 3.86. The lowest BCUT2D eigenvalue weighted by Crippen LogP contribution is -2.25. The molecule has 0 saturated heterocycles. The maximum absolute atomic E-state index is 12.4. The van der Waals surface area contributed by atoms with E-state index in [1.807, 2.05) is 6.07 Å². The van der Waals surface area contributed by atoms with Crippen molar-refractivity contribution < 1.29 is 14.3 Å². The normalized spacial score (nSPS) is 13.1. The first-order valence-corrected chi connectivity index (χ1v) is 7.74. The van der Waals surface area contributed by atoms with E-state index in [1.165, 1.54) is 0 Å². The molecule has 3 rings (SSSR count). The minimum atomic E-state index is -0.224. The average molecular weight is 381 g/mol. The maximum atomic E-state index is 12.4. The number of fused-ring (bicyclic) bond motifs is 1. The number of carbonyl (C=O) groups is 2. The molecule has 22 heavy (non-hydrogen) atoms. The fourth-order valence-corrected chi connectivity index (χ4v) is 3.02. The smallest absolute Gasteiger partial charge is 0.262 e. The fourth-order valence-electron chi connectivity index (χ4n) is 2.20. The zero-order valence-electron chi connectivity index (χ0n) is 11.4. The summed E-state index contributed by atoms with van der Waals surface area (Å²) in [4.78, 5) is 23.7. The summed E-state index contributed by atoms with van der Waals surface area (Å²) >= 11 is 9.30. The molecule has 0 saturated carbocycles. The lowest BCUT2D eigenvalue weighted by atomic mass is 10.0. The van der Waals surface area contributed by atoms with Crippen LogP contribution in [0.25, 0.3) is 0 Å². The topological polar surface area (TPSA) is 55.4 Å². The molecule has 1 heterocycles. The van der Waals surface area contributed by atoms with Gasteiger partial charge in [0.15, 0.2) is 12.4 Å². The Bertz CT molecular complexity index is 776. The molecule has 1 amide bonds. The van der Waals surface area contributed by atoms with E-state index in [2.05, 4.69) is 21.2 Å². The van der Waals surface area contributed by atoms with Crippen LogP contribution in [-0.2, 0) is 11.2 Å². The number of benzene rings is 2. The van der Waals surface area contributed by atoms with Crippen molar-refractivity contribution in [2.75, 3.05) is 11.9 Å². The van der Waals surface area contributed by atoms with Crippen LogP contribution < -0.4 is 10.1 Å². The van der Waals surface area contributed by atoms with Gasteiger partial charge in [0.05, 0.1) is 5.69 Å². The maximum Gasteiger partial charge on any atom is 0.262 e. The van der Waals surface area contributed by atoms with E-state index in [0.717, 1.165) is 10.0 Å². The van der Waals surface area contributed by atoms with Crippen LogP contribution in [-0.4, -0.2) is 18.3 Å². The van der Waals surface area contributed by atoms with E-state index in [1.54, 1.807) is 30.3 Å². The first kappa shape index (κ1) is 15.1. The minimum absolute atomic E-state index is 0.00197. The number of halogens is 2. The number of carbonyl (C=O) groups excluding carboxylic acids is 2. The van der Waals surface area contributed by atoms with Crippen LogP contribution in [0.1, 0.15) is 15.9 Å². The van der Waals surface area contributed by atoms with Gasteiger partial charge in [-0.15, -0.1) is 0 Å². The molecular formula is C16H11BrClNO3. The Morgan fingerprint density at radius 3 is 2.86 bits per heavy atom. The van der Waals surface area contributed by atoms with Gasteiger partial charge in [-0.3, -0.25) is 9.59 Å². The molecule has 2 aromatic carbocycles. The number of hydrogen-bond donors (Lipinski definition) is 1. The number of anilines is 1. The van der Waals surface area contributed by atoms with Gasteiger partial charge in [0.25, 0.3) is 5.91 Å². The highest BCUT2D eigenvalue weighted by molar-refractivity contribution is 9.10. The van der Waals surface area contributed by atoms with Crippen molar-refractivity contribution in [2.24, 2.45) is 0 Å². The molecule has 0 spiro atoms. The third-order valence-corrected chi connectivity index (χ3v) is 4.27. The molecule has 1 N–H and O–H groups in total. The third kappa shape index (κ3) is 3.15. The van der Waals surface area contributed by atoms with Crippen molar-refractivity contribution in [1.29, 1.82) is 0 Å². The molecule has 4 nitrogen and oxygen atoms in total. The van der Waals surface area contributed by atoms with Crippen molar-refractivity contribution in [3.8, 4) is 5.75 Å².